The summed E-state index contributed by atoms with van der Waals surface area (Å²) in [6.07, 6.45) is 5.18. The lowest BCUT2D eigenvalue weighted by atomic mass is 9.90. The maximum Gasteiger partial charge on any atom is 0.267 e. The van der Waals surface area contributed by atoms with Crippen LogP contribution in [0.25, 0.3) is 5.82 Å². The third-order valence-electron chi connectivity index (χ3n) is 5.48. The van der Waals surface area contributed by atoms with Crippen molar-refractivity contribution in [2.75, 3.05) is 13.2 Å². The summed E-state index contributed by atoms with van der Waals surface area (Å²) in [5, 5.41) is 12.8. The van der Waals surface area contributed by atoms with Crippen molar-refractivity contribution in [2.45, 2.75) is 64.1 Å². The van der Waals surface area contributed by atoms with E-state index in [0.29, 0.717) is 17.9 Å². The summed E-state index contributed by atoms with van der Waals surface area (Å²) in [4.78, 5) is 12.4. The summed E-state index contributed by atoms with van der Waals surface area (Å²) < 4.78 is 8.92. The van der Waals surface area contributed by atoms with Crippen LogP contribution in [0.2, 0.25) is 0 Å². The van der Waals surface area contributed by atoms with Crippen molar-refractivity contribution in [3.05, 3.63) is 39.9 Å². The maximum absolute atomic E-state index is 12.4. The molecule has 2 aromatic heterocycles. The molecule has 2 fully saturated rings. The second-order valence-electron chi connectivity index (χ2n) is 7.55. The highest BCUT2D eigenvalue weighted by atomic mass is 16.5. The number of rotatable bonds is 4. The van der Waals surface area contributed by atoms with E-state index in [-0.39, 0.29) is 11.6 Å². The molecule has 2 aromatic rings. The average molecular weight is 357 g/mol. The smallest absolute Gasteiger partial charge is 0.267 e. The zero-order valence-electron chi connectivity index (χ0n) is 15.5. The van der Waals surface area contributed by atoms with Gasteiger partial charge in [-0.2, -0.15) is 5.10 Å². The molecule has 1 N–H and O–H groups in total. The molecular weight excluding hydrogens is 330 g/mol. The number of nitrogens with zero attached hydrogens (tertiary/aromatic N) is 4. The van der Waals surface area contributed by atoms with E-state index in [0.717, 1.165) is 56.7 Å². The molecule has 1 aliphatic heterocycles. The molecule has 0 spiro atoms. The highest BCUT2D eigenvalue weighted by Crippen LogP contribution is 2.28. The van der Waals surface area contributed by atoms with Crippen LogP contribution in [0.4, 0.5) is 0 Å². The average Bonchev–Trinajstić information content (AvgIpc) is 3.25. The topological polar surface area (TPSA) is 74.0 Å². The van der Waals surface area contributed by atoms with Gasteiger partial charge in [-0.05, 0) is 58.1 Å². The number of aromatic nitrogens is 4. The van der Waals surface area contributed by atoms with Crippen LogP contribution in [0.1, 0.15) is 49.5 Å². The van der Waals surface area contributed by atoms with Gasteiger partial charge in [-0.25, -0.2) is 9.36 Å². The van der Waals surface area contributed by atoms with Crippen molar-refractivity contribution < 1.29 is 4.74 Å². The molecular formula is C19H27N5O2. The molecule has 0 bridgehead atoms. The lowest BCUT2D eigenvalue weighted by Crippen LogP contribution is -2.42. The molecule has 0 aromatic carbocycles. The van der Waals surface area contributed by atoms with E-state index < -0.39 is 0 Å². The van der Waals surface area contributed by atoms with Crippen LogP contribution in [0.15, 0.2) is 23.0 Å². The molecule has 0 amide bonds. The Morgan fingerprint density at radius 2 is 1.88 bits per heavy atom. The summed E-state index contributed by atoms with van der Waals surface area (Å²) in [6.45, 7) is 5.65. The quantitative estimate of drug-likeness (QED) is 0.905. The van der Waals surface area contributed by atoms with Crippen molar-refractivity contribution in [1.82, 2.24) is 24.9 Å². The summed E-state index contributed by atoms with van der Waals surface area (Å²) in [5.41, 5.74) is 1.94. The first kappa shape index (κ1) is 17.4. The Labute approximate surface area is 153 Å². The number of aryl methyl sites for hydroxylation is 2. The molecule has 3 heterocycles. The van der Waals surface area contributed by atoms with Crippen LogP contribution >= 0.6 is 0 Å². The SMILES string of the molecule is Cc1cc(C)n(-c2ccc(=O)n(C3CCC(NC4CCOC4)CC3)n2)n1. The lowest BCUT2D eigenvalue weighted by Gasteiger charge is -2.31. The summed E-state index contributed by atoms with van der Waals surface area (Å²) in [5.74, 6) is 0.707. The van der Waals surface area contributed by atoms with Gasteiger partial charge in [-0.3, -0.25) is 4.79 Å². The highest BCUT2D eigenvalue weighted by molar-refractivity contribution is 5.24. The van der Waals surface area contributed by atoms with Gasteiger partial charge in [-0.15, -0.1) is 5.10 Å². The van der Waals surface area contributed by atoms with E-state index >= 15 is 0 Å². The monoisotopic (exact) mass is 357 g/mol. The Morgan fingerprint density at radius 3 is 2.54 bits per heavy atom. The molecule has 140 valence electrons. The maximum atomic E-state index is 12.4. The molecule has 1 saturated heterocycles. The second-order valence-corrected chi connectivity index (χ2v) is 7.55. The first-order valence-corrected chi connectivity index (χ1v) is 9.57. The fourth-order valence-electron chi connectivity index (χ4n) is 4.14. The van der Waals surface area contributed by atoms with Gasteiger partial charge in [0.05, 0.1) is 18.3 Å². The standard InChI is InChI=1S/C19H27N5O2/c1-13-11-14(2)23(21-13)18-7-8-19(25)24(22-18)17-5-3-15(4-6-17)20-16-9-10-26-12-16/h7-8,11,15-17,20H,3-6,9-10,12H2,1-2H3. The minimum Gasteiger partial charge on any atom is -0.380 e. The number of hydrogen-bond acceptors (Lipinski definition) is 5. The molecule has 7 heteroatoms. The largest absolute Gasteiger partial charge is 0.380 e. The van der Waals surface area contributed by atoms with Crippen molar-refractivity contribution in [2.24, 2.45) is 0 Å². The van der Waals surface area contributed by atoms with Crippen molar-refractivity contribution in [3.8, 4) is 5.82 Å². The fourth-order valence-corrected chi connectivity index (χ4v) is 4.14. The third kappa shape index (κ3) is 3.59. The van der Waals surface area contributed by atoms with E-state index in [1.807, 2.05) is 19.9 Å². The Morgan fingerprint density at radius 1 is 1.08 bits per heavy atom. The van der Waals surface area contributed by atoms with E-state index in [1.54, 1.807) is 21.5 Å². The van der Waals surface area contributed by atoms with Crippen LogP contribution in [0.3, 0.4) is 0 Å². The zero-order chi connectivity index (χ0) is 18.1. The van der Waals surface area contributed by atoms with Gasteiger partial charge in [0.25, 0.3) is 5.56 Å². The Balaban J connectivity index is 1.47. The van der Waals surface area contributed by atoms with E-state index in [1.165, 1.54) is 0 Å². The molecule has 2 aliphatic rings. The fraction of sp³-hybridized carbons (Fsp3) is 0.632. The van der Waals surface area contributed by atoms with Gasteiger partial charge in [0.15, 0.2) is 5.82 Å². The van der Waals surface area contributed by atoms with Crippen LogP contribution in [-0.2, 0) is 4.74 Å². The predicted molar refractivity (Wildman–Crippen MR) is 98.7 cm³/mol. The summed E-state index contributed by atoms with van der Waals surface area (Å²) >= 11 is 0. The van der Waals surface area contributed by atoms with E-state index in [9.17, 15) is 4.79 Å². The first-order chi connectivity index (χ1) is 12.6. The van der Waals surface area contributed by atoms with Crippen molar-refractivity contribution in [3.63, 3.8) is 0 Å². The first-order valence-electron chi connectivity index (χ1n) is 9.57. The van der Waals surface area contributed by atoms with Gasteiger partial charge < -0.3 is 10.1 Å². The molecule has 1 saturated carbocycles. The number of ether oxygens (including phenoxy) is 1. The van der Waals surface area contributed by atoms with E-state index in [2.05, 4.69) is 15.5 Å². The number of nitrogens with one attached hydrogen (secondary N) is 1. The van der Waals surface area contributed by atoms with Crippen LogP contribution in [0.5, 0.6) is 0 Å². The Kier molecular flexibility index (Phi) is 4.91. The molecule has 1 atom stereocenters. The lowest BCUT2D eigenvalue weighted by molar-refractivity contribution is 0.183. The molecule has 0 radical (unpaired) electrons. The zero-order valence-corrected chi connectivity index (χ0v) is 15.5. The Hall–Kier alpha value is -1.99. The predicted octanol–water partition coefficient (Wildman–Crippen LogP) is 1.91. The normalized spacial score (nSPS) is 26.3. The van der Waals surface area contributed by atoms with Gasteiger partial charge in [0, 0.05) is 30.5 Å². The van der Waals surface area contributed by atoms with Gasteiger partial charge in [0.2, 0.25) is 0 Å². The van der Waals surface area contributed by atoms with Gasteiger partial charge >= 0.3 is 0 Å². The van der Waals surface area contributed by atoms with Gasteiger partial charge in [0.1, 0.15) is 0 Å². The number of hydrogen-bond donors (Lipinski definition) is 1. The van der Waals surface area contributed by atoms with Crippen LogP contribution < -0.4 is 10.9 Å². The summed E-state index contributed by atoms with van der Waals surface area (Å²) in [7, 11) is 0. The second kappa shape index (κ2) is 7.32. The Bertz CT molecular complexity index is 814. The van der Waals surface area contributed by atoms with Crippen molar-refractivity contribution >= 4 is 0 Å². The minimum absolute atomic E-state index is 0.0316. The molecule has 1 aliphatic carbocycles. The van der Waals surface area contributed by atoms with E-state index in [4.69, 9.17) is 4.74 Å². The molecule has 4 rings (SSSR count). The molecule has 7 nitrogen and oxygen atoms in total. The minimum atomic E-state index is -0.0316. The van der Waals surface area contributed by atoms with Crippen LogP contribution in [0, 0.1) is 13.8 Å². The van der Waals surface area contributed by atoms with Crippen LogP contribution in [-0.4, -0.2) is 44.9 Å². The summed E-state index contributed by atoms with van der Waals surface area (Å²) in [6, 6.07) is 6.56. The highest BCUT2D eigenvalue weighted by Gasteiger charge is 2.27. The van der Waals surface area contributed by atoms with Gasteiger partial charge in [-0.1, -0.05) is 0 Å². The third-order valence-corrected chi connectivity index (χ3v) is 5.48. The van der Waals surface area contributed by atoms with Crippen molar-refractivity contribution in [1.29, 1.82) is 0 Å². The molecule has 1 unspecified atom stereocenters. The molecule has 26 heavy (non-hydrogen) atoms.